The Bertz CT molecular complexity index is 275. The third-order valence-electron chi connectivity index (χ3n) is 2.15. The van der Waals surface area contributed by atoms with E-state index in [1.807, 2.05) is 10.1 Å². The third-order valence-corrected chi connectivity index (χ3v) is 2.15. The molecule has 1 aliphatic rings. The number of hydrazine groups is 2. The van der Waals surface area contributed by atoms with Crippen LogP contribution in [0.15, 0.2) is 38.0 Å². The van der Waals surface area contributed by atoms with Gasteiger partial charge in [-0.25, -0.2) is 5.01 Å². The van der Waals surface area contributed by atoms with Crippen molar-refractivity contribution in [3.8, 4) is 0 Å². The van der Waals surface area contributed by atoms with Crippen molar-refractivity contribution < 1.29 is 4.79 Å². The van der Waals surface area contributed by atoms with E-state index in [-0.39, 0.29) is 5.91 Å². The zero-order chi connectivity index (χ0) is 11.3. The highest BCUT2D eigenvalue weighted by atomic mass is 16.2. The largest absolute Gasteiger partial charge is 0.272 e. The van der Waals surface area contributed by atoms with E-state index in [1.165, 1.54) is 0 Å². The Morgan fingerprint density at radius 1 is 1.07 bits per heavy atom. The van der Waals surface area contributed by atoms with Gasteiger partial charge in [-0.1, -0.05) is 18.2 Å². The first kappa shape index (κ1) is 11.7. The lowest BCUT2D eigenvalue weighted by Crippen LogP contribution is -2.45. The molecule has 4 nitrogen and oxygen atoms in total. The van der Waals surface area contributed by atoms with E-state index in [1.54, 1.807) is 23.2 Å². The molecule has 1 fully saturated rings. The Morgan fingerprint density at radius 2 is 1.67 bits per heavy atom. The molecule has 1 amide bonds. The lowest BCUT2D eigenvalue weighted by atomic mass is 10.5. The minimum atomic E-state index is 0.0820. The summed E-state index contributed by atoms with van der Waals surface area (Å²) in [6, 6.07) is 0. The lowest BCUT2D eigenvalue weighted by molar-refractivity contribution is -0.146. The maximum atomic E-state index is 11.7. The molecular formula is C11H17N3O. The zero-order valence-electron chi connectivity index (χ0n) is 8.93. The standard InChI is InChI=1S/C11H17N3O/c1-4-7-12-10-11(15)13(8-5-2)14(12)9-6-3/h4-6H,1-3,7-10H2. The van der Waals surface area contributed by atoms with Crippen molar-refractivity contribution in [2.75, 3.05) is 26.2 Å². The molecule has 0 aliphatic carbocycles. The van der Waals surface area contributed by atoms with Gasteiger partial charge in [-0.05, 0) is 0 Å². The topological polar surface area (TPSA) is 26.8 Å². The van der Waals surface area contributed by atoms with Gasteiger partial charge in [0.2, 0.25) is 0 Å². The van der Waals surface area contributed by atoms with E-state index in [0.717, 1.165) is 0 Å². The molecule has 0 unspecified atom stereocenters. The van der Waals surface area contributed by atoms with Crippen LogP contribution in [-0.4, -0.2) is 47.2 Å². The van der Waals surface area contributed by atoms with Crippen LogP contribution in [0.2, 0.25) is 0 Å². The molecule has 0 spiro atoms. The van der Waals surface area contributed by atoms with E-state index in [9.17, 15) is 4.79 Å². The molecule has 0 aromatic rings. The third kappa shape index (κ3) is 2.55. The van der Waals surface area contributed by atoms with Gasteiger partial charge in [0, 0.05) is 6.54 Å². The minimum Gasteiger partial charge on any atom is -0.272 e. The molecule has 1 saturated heterocycles. The zero-order valence-corrected chi connectivity index (χ0v) is 8.93. The van der Waals surface area contributed by atoms with Crippen LogP contribution in [0.1, 0.15) is 0 Å². The minimum absolute atomic E-state index is 0.0820. The number of carbonyl (C=O) groups excluding carboxylic acids is 1. The van der Waals surface area contributed by atoms with Crippen molar-refractivity contribution in [3.63, 3.8) is 0 Å². The highest BCUT2D eigenvalue weighted by molar-refractivity contribution is 5.79. The second-order valence-corrected chi connectivity index (χ2v) is 3.24. The van der Waals surface area contributed by atoms with Crippen LogP contribution in [0.5, 0.6) is 0 Å². The molecule has 1 heterocycles. The van der Waals surface area contributed by atoms with Crippen LogP contribution in [0.25, 0.3) is 0 Å². The fourth-order valence-corrected chi connectivity index (χ4v) is 1.56. The summed E-state index contributed by atoms with van der Waals surface area (Å²) in [7, 11) is 0. The van der Waals surface area contributed by atoms with E-state index < -0.39 is 0 Å². The Hall–Kier alpha value is -1.39. The first-order chi connectivity index (χ1) is 7.24. The average Bonchev–Trinajstić information content (AvgIpc) is 2.48. The summed E-state index contributed by atoms with van der Waals surface area (Å²) in [6.07, 6.45) is 5.26. The van der Waals surface area contributed by atoms with Crippen molar-refractivity contribution in [2.24, 2.45) is 0 Å². The number of nitrogens with zero attached hydrogens (tertiary/aromatic N) is 3. The van der Waals surface area contributed by atoms with Crippen molar-refractivity contribution in [3.05, 3.63) is 38.0 Å². The highest BCUT2D eigenvalue weighted by Crippen LogP contribution is 2.13. The highest BCUT2D eigenvalue weighted by Gasteiger charge is 2.33. The Balaban J connectivity index is 2.75. The van der Waals surface area contributed by atoms with Crippen LogP contribution >= 0.6 is 0 Å². The Kier molecular flexibility index (Phi) is 4.27. The predicted octanol–water partition coefficient (Wildman–Crippen LogP) is 0.821. The number of hydrogen-bond donors (Lipinski definition) is 0. The molecule has 0 atom stereocenters. The molecule has 0 saturated carbocycles. The number of carbonyl (C=O) groups is 1. The van der Waals surface area contributed by atoms with E-state index in [2.05, 4.69) is 19.7 Å². The predicted molar refractivity (Wildman–Crippen MR) is 60.6 cm³/mol. The van der Waals surface area contributed by atoms with Gasteiger partial charge < -0.3 is 0 Å². The maximum absolute atomic E-state index is 11.7. The summed E-state index contributed by atoms with van der Waals surface area (Å²) in [6.45, 7) is 13.2. The molecule has 0 aromatic carbocycles. The summed E-state index contributed by atoms with van der Waals surface area (Å²) in [5.41, 5.74) is 0. The van der Waals surface area contributed by atoms with Gasteiger partial charge in [-0.2, -0.15) is 0 Å². The molecule has 1 aliphatic heterocycles. The fourth-order valence-electron chi connectivity index (χ4n) is 1.56. The Morgan fingerprint density at radius 3 is 2.20 bits per heavy atom. The average molecular weight is 207 g/mol. The summed E-state index contributed by atoms with van der Waals surface area (Å²) < 4.78 is 0. The molecular weight excluding hydrogens is 190 g/mol. The van der Waals surface area contributed by atoms with Gasteiger partial charge in [0.25, 0.3) is 5.91 Å². The normalized spacial score (nSPS) is 18.1. The fraction of sp³-hybridized carbons (Fsp3) is 0.364. The van der Waals surface area contributed by atoms with Gasteiger partial charge in [0.05, 0.1) is 19.6 Å². The summed E-state index contributed by atoms with van der Waals surface area (Å²) in [5.74, 6) is 0.0820. The smallest absolute Gasteiger partial charge is 0.253 e. The van der Waals surface area contributed by atoms with Crippen LogP contribution in [-0.2, 0) is 4.79 Å². The van der Waals surface area contributed by atoms with Gasteiger partial charge in [-0.15, -0.1) is 24.9 Å². The van der Waals surface area contributed by atoms with Crippen LogP contribution in [0.4, 0.5) is 0 Å². The van der Waals surface area contributed by atoms with Crippen LogP contribution in [0, 0.1) is 0 Å². The van der Waals surface area contributed by atoms with Crippen molar-refractivity contribution in [2.45, 2.75) is 0 Å². The first-order valence-corrected chi connectivity index (χ1v) is 4.90. The molecule has 1 rings (SSSR count). The second-order valence-electron chi connectivity index (χ2n) is 3.24. The monoisotopic (exact) mass is 207 g/mol. The number of rotatable bonds is 6. The molecule has 0 bridgehead atoms. The molecule has 0 N–H and O–H groups in total. The molecule has 82 valence electrons. The molecule has 0 radical (unpaired) electrons. The summed E-state index contributed by atoms with van der Waals surface area (Å²) >= 11 is 0. The maximum Gasteiger partial charge on any atom is 0.253 e. The van der Waals surface area contributed by atoms with Gasteiger partial charge in [0.15, 0.2) is 0 Å². The van der Waals surface area contributed by atoms with Crippen molar-refractivity contribution in [1.29, 1.82) is 0 Å². The van der Waals surface area contributed by atoms with E-state index in [0.29, 0.717) is 26.2 Å². The molecule has 15 heavy (non-hydrogen) atoms. The van der Waals surface area contributed by atoms with E-state index in [4.69, 9.17) is 0 Å². The van der Waals surface area contributed by atoms with Crippen LogP contribution < -0.4 is 0 Å². The second kappa shape index (κ2) is 5.48. The molecule has 0 aromatic heterocycles. The lowest BCUT2D eigenvalue weighted by Gasteiger charge is -2.30. The van der Waals surface area contributed by atoms with Gasteiger partial charge in [-0.3, -0.25) is 9.80 Å². The van der Waals surface area contributed by atoms with Gasteiger partial charge >= 0.3 is 0 Å². The summed E-state index contributed by atoms with van der Waals surface area (Å²) in [4.78, 5) is 11.7. The van der Waals surface area contributed by atoms with E-state index >= 15 is 0 Å². The summed E-state index contributed by atoms with van der Waals surface area (Å²) in [5, 5.41) is 5.47. The Labute approximate surface area is 90.7 Å². The van der Waals surface area contributed by atoms with Crippen molar-refractivity contribution >= 4 is 5.91 Å². The van der Waals surface area contributed by atoms with Crippen LogP contribution in [0.3, 0.4) is 0 Å². The van der Waals surface area contributed by atoms with Gasteiger partial charge in [0.1, 0.15) is 0 Å². The number of amides is 1. The molecule has 4 heteroatoms. The van der Waals surface area contributed by atoms with Crippen molar-refractivity contribution in [1.82, 2.24) is 15.1 Å². The number of hydrogen-bond acceptors (Lipinski definition) is 3. The quantitative estimate of drug-likeness (QED) is 0.603. The SMILES string of the molecule is C=CCN1CC(=O)N(CC=C)N1CC=C. The first-order valence-electron chi connectivity index (χ1n) is 4.90.